The van der Waals surface area contributed by atoms with Crippen molar-refractivity contribution in [3.05, 3.63) is 0 Å². The Labute approximate surface area is 74.1 Å². The van der Waals surface area contributed by atoms with Crippen LogP contribution >= 0.6 is 0 Å². The summed E-state index contributed by atoms with van der Waals surface area (Å²) in [5.74, 6) is 2.36. The second-order valence-electron chi connectivity index (χ2n) is 4.48. The van der Waals surface area contributed by atoms with Gasteiger partial charge in [0.2, 0.25) is 0 Å². The van der Waals surface area contributed by atoms with E-state index in [0.29, 0.717) is 12.5 Å². The summed E-state index contributed by atoms with van der Waals surface area (Å²) in [7, 11) is 0. The summed E-state index contributed by atoms with van der Waals surface area (Å²) in [4.78, 5) is 0. The summed E-state index contributed by atoms with van der Waals surface area (Å²) in [5.41, 5.74) is 5.44. The van der Waals surface area contributed by atoms with E-state index in [4.69, 9.17) is 5.73 Å². The van der Waals surface area contributed by atoms with Crippen LogP contribution in [0, 0.1) is 17.8 Å². The molecule has 0 aromatic carbocycles. The average molecular weight is 169 g/mol. The van der Waals surface area contributed by atoms with Crippen LogP contribution in [-0.2, 0) is 0 Å². The van der Waals surface area contributed by atoms with Crippen LogP contribution in [0.3, 0.4) is 0 Å². The maximum atomic E-state index is 9.79. The smallest absolute Gasteiger partial charge is 0.0583 e. The van der Waals surface area contributed by atoms with Crippen molar-refractivity contribution < 1.29 is 5.11 Å². The Morgan fingerprint density at radius 1 is 1.33 bits per heavy atom. The van der Waals surface area contributed by atoms with E-state index in [0.717, 1.165) is 18.3 Å². The average Bonchev–Trinajstić information content (AvgIpc) is 2.64. The minimum atomic E-state index is -0.106. The normalized spacial score (nSPS) is 42.0. The molecule has 2 aliphatic carbocycles. The molecule has 0 spiro atoms. The highest BCUT2D eigenvalue weighted by molar-refractivity contribution is 4.92. The van der Waals surface area contributed by atoms with E-state index in [1.807, 2.05) is 0 Å². The van der Waals surface area contributed by atoms with Crippen molar-refractivity contribution in [1.29, 1.82) is 0 Å². The third kappa shape index (κ3) is 1.38. The summed E-state index contributed by atoms with van der Waals surface area (Å²) in [5, 5.41) is 9.79. The van der Waals surface area contributed by atoms with E-state index in [9.17, 15) is 5.11 Å². The standard InChI is InChI=1S/C10H19NO/c11-4-3-10(12)9-6-7-1-2-8(9)5-7/h7-10,12H,1-6,11H2. The van der Waals surface area contributed by atoms with Crippen molar-refractivity contribution in [1.82, 2.24) is 0 Å². The monoisotopic (exact) mass is 169 g/mol. The zero-order chi connectivity index (χ0) is 8.55. The Balaban J connectivity index is 1.89. The van der Waals surface area contributed by atoms with Crippen molar-refractivity contribution >= 4 is 0 Å². The van der Waals surface area contributed by atoms with Crippen LogP contribution in [0.5, 0.6) is 0 Å². The van der Waals surface area contributed by atoms with Gasteiger partial charge in [-0.25, -0.2) is 0 Å². The van der Waals surface area contributed by atoms with Crippen LogP contribution in [0.2, 0.25) is 0 Å². The lowest BCUT2D eigenvalue weighted by atomic mass is 9.83. The van der Waals surface area contributed by atoms with Gasteiger partial charge in [-0.15, -0.1) is 0 Å². The fourth-order valence-electron chi connectivity index (χ4n) is 3.15. The molecule has 3 N–H and O–H groups in total. The SMILES string of the molecule is NCCC(O)C1CC2CCC1C2. The molecule has 0 aliphatic heterocycles. The van der Waals surface area contributed by atoms with Gasteiger partial charge in [-0.3, -0.25) is 0 Å². The number of aliphatic hydroxyl groups excluding tert-OH is 1. The number of rotatable bonds is 3. The number of hydrogen-bond acceptors (Lipinski definition) is 2. The second kappa shape index (κ2) is 3.35. The van der Waals surface area contributed by atoms with Gasteiger partial charge in [0.25, 0.3) is 0 Å². The van der Waals surface area contributed by atoms with Gasteiger partial charge >= 0.3 is 0 Å². The highest BCUT2D eigenvalue weighted by atomic mass is 16.3. The topological polar surface area (TPSA) is 46.2 Å². The van der Waals surface area contributed by atoms with Gasteiger partial charge in [0.1, 0.15) is 0 Å². The Hall–Kier alpha value is -0.0800. The summed E-state index contributed by atoms with van der Waals surface area (Å²) in [6.45, 7) is 0.634. The third-order valence-corrected chi connectivity index (χ3v) is 3.75. The maximum absolute atomic E-state index is 9.79. The summed E-state index contributed by atoms with van der Waals surface area (Å²) < 4.78 is 0. The molecule has 12 heavy (non-hydrogen) atoms. The number of hydrogen-bond donors (Lipinski definition) is 2. The minimum Gasteiger partial charge on any atom is -0.393 e. The molecule has 4 atom stereocenters. The molecule has 4 unspecified atom stereocenters. The molecule has 2 rings (SSSR count). The number of nitrogens with two attached hydrogens (primary N) is 1. The highest BCUT2D eigenvalue weighted by Gasteiger charge is 2.42. The quantitative estimate of drug-likeness (QED) is 0.665. The lowest BCUT2D eigenvalue weighted by molar-refractivity contribution is 0.0696. The minimum absolute atomic E-state index is 0.106. The Kier molecular flexibility index (Phi) is 2.37. The zero-order valence-electron chi connectivity index (χ0n) is 7.58. The van der Waals surface area contributed by atoms with E-state index in [1.54, 1.807) is 0 Å². The van der Waals surface area contributed by atoms with E-state index in [1.165, 1.54) is 25.7 Å². The summed E-state index contributed by atoms with van der Waals surface area (Å²) in [6.07, 6.45) is 6.12. The molecule has 2 saturated carbocycles. The van der Waals surface area contributed by atoms with Crippen LogP contribution in [0.15, 0.2) is 0 Å². The first-order valence-electron chi connectivity index (χ1n) is 5.19. The molecule has 2 fully saturated rings. The predicted molar refractivity (Wildman–Crippen MR) is 48.6 cm³/mol. The largest absolute Gasteiger partial charge is 0.393 e. The molecular weight excluding hydrogens is 150 g/mol. The van der Waals surface area contributed by atoms with E-state index < -0.39 is 0 Å². The predicted octanol–water partition coefficient (Wildman–Crippen LogP) is 1.13. The fraction of sp³-hybridized carbons (Fsp3) is 1.00. The van der Waals surface area contributed by atoms with Gasteiger partial charge in [0.15, 0.2) is 0 Å². The molecule has 0 heterocycles. The summed E-state index contributed by atoms with van der Waals surface area (Å²) >= 11 is 0. The van der Waals surface area contributed by atoms with Crippen molar-refractivity contribution in [2.75, 3.05) is 6.54 Å². The van der Waals surface area contributed by atoms with Crippen LogP contribution in [0.1, 0.15) is 32.1 Å². The molecule has 2 heteroatoms. The highest BCUT2D eigenvalue weighted by Crippen LogP contribution is 2.49. The molecule has 0 aromatic rings. The Morgan fingerprint density at radius 2 is 2.17 bits per heavy atom. The molecule has 0 radical (unpaired) electrons. The van der Waals surface area contributed by atoms with Gasteiger partial charge in [-0.05, 0) is 50.0 Å². The molecule has 2 aliphatic rings. The van der Waals surface area contributed by atoms with Crippen molar-refractivity contribution in [2.24, 2.45) is 23.5 Å². The van der Waals surface area contributed by atoms with Crippen molar-refractivity contribution in [3.8, 4) is 0 Å². The van der Waals surface area contributed by atoms with Crippen LogP contribution in [-0.4, -0.2) is 17.8 Å². The molecule has 2 bridgehead atoms. The molecular formula is C10H19NO. The van der Waals surface area contributed by atoms with Crippen molar-refractivity contribution in [3.63, 3.8) is 0 Å². The van der Waals surface area contributed by atoms with E-state index >= 15 is 0 Å². The summed E-state index contributed by atoms with van der Waals surface area (Å²) in [6, 6.07) is 0. The maximum Gasteiger partial charge on any atom is 0.0583 e. The van der Waals surface area contributed by atoms with Crippen LogP contribution < -0.4 is 5.73 Å². The molecule has 2 nitrogen and oxygen atoms in total. The van der Waals surface area contributed by atoms with Gasteiger partial charge < -0.3 is 10.8 Å². The Morgan fingerprint density at radius 3 is 2.67 bits per heavy atom. The zero-order valence-corrected chi connectivity index (χ0v) is 7.58. The number of aliphatic hydroxyl groups is 1. The lowest BCUT2D eigenvalue weighted by Crippen LogP contribution is -2.27. The molecule has 0 amide bonds. The van der Waals surface area contributed by atoms with Crippen LogP contribution in [0.25, 0.3) is 0 Å². The van der Waals surface area contributed by atoms with E-state index in [2.05, 4.69) is 0 Å². The second-order valence-corrected chi connectivity index (χ2v) is 4.48. The fourth-order valence-corrected chi connectivity index (χ4v) is 3.15. The number of fused-ring (bicyclic) bond motifs is 2. The lowest BCUT2D eigenvalue weighted by Gasteiger charge is -2.26. The first kappa shape index (κ1) is 8.52. The molecule has 0 saturated heterocycles. The Bertz CT molecular complexity index is 160. The first-order valence-corrected chi connectivity index (χ1v) is 5.19. The third-order valence-electron chi connectivity index (χ3n) is 3.75. The van der Waals surface area contributed by atoms with Gasteiger partial charge in [-0.1, -0.05) is 6.42 Å². The molecule has 0 aromatic heterocycles. The van der Waals surface area contributed by atoms with Gasteiger partial charge in [0.05, 0.1) is 6.10 Å². The first-order chi connectivity index (χ1) is 5.81. The van der Waals surface area contributed by atoms with Crippen LogP contribution in [0.4, 0.5) is 0 Å². The van der Waals surface area contributed by atoms with Gasteiger partial charge in [0, 0.05) is 0 Å². The molecule has 70 valence electrons. The van der Waals surface area contributed by atoms with Gasteiger partial charge in [-0.2, -0.15) is 0 Å². The van der Waals surface area contributed by atoms with E-state index in [-0.39, 0.29) is 6.10 Å². The van der Waals surface area contributed by atoms with Crippen molar-refractivity contribution in [2.45, 2.75) is 38.2 Å².